The molecule has 0 radical (unpaired) electrons. The van der Waals surface area contributed by atoms with E-state index in [1.54, 1.807) is 16.8 Å². The number of nitrogens with two attached hydrogens (primary N) is 1. The second-order valence-electron chi connectivity index (χ2n) is 3.78. The number of rotatable bonds is 4. The van der Waals surface area contributed by atoms with Crippen LogP contribution >= 0.6 is 0 Å². The van der Waals surface area contributed by atoms with Crippen LogP contribution in [0.4, 0.5) is 5.69 Å². The normalized spacial score (nSPS) is 10.2. The highest BCUT2D eigenvalue weighted by atomic mass is 16.1. The van der Waals surface area contributed by atoms with E-state index in [2.05, 4.69) is 10.4 Å². The Morgan fingerprint density at radius 1 is 1.35 bits per heavy atom. The van der Waals surface area contributed by atoms with Crippen molar-refractivity contribution in [1.82, 2.24) is 9.78 Å². The molecule has 0 aliphatic rings. The molecule has 1 heterocycles. The number of benzene rings is 1. The number of primary amides is 1. The molecular formula is C12H14N4O. The summed E-state index contributed by atoms with van der Waals surface area (Å²) in [7, 11) is 1.88. The first-order valence-electron chi connectivity index (χ1n) is 5.27. The molecule has 1 amide bonds. The van der Waals surface area contributed by atoms with Crippen LogP contribution in [0.3, 0.4) is 0 Å². The van der Waals surface area contributed by atoms with Gasteiger partial charge in [0.2, 0.25) is 5.91 Å². The van der Waals surface area contributed by atoms with Gasteiger partial charge in [-0.25, -0.2) is 0 Å². The van der Waals surface area contributed by atoms with Crippen molar-refractivity contribution >= 4 is 11.6 Å². The Labute approximate surface area is 99.2 Å². The van der Waals surface area contributed by atoms with E-state index in [-0.39, 0.29) is 0 Å². The zero-order chi connectivity index (χ0) is 12.3. The summed E-state index contributed by atoms with van der Waals surface area (Å²) in [6.07, 6.45) is 1.90. The molecule has 0 spiro atoms. The Bertz CT molecular complexity index is 516. The van der Waals surface area contributed by atoms with Crippen LogP contribution < -0.4 is 11.1 Å². The number of hydrogen-bond acceptors (Lipinski definition) is 3. The molecule has 0 unspecified atom stereocenters. The number of carbonyl (C=O) groups is 1. The van der Waals surface area contributed by atoms with E-state index in [4.69, 9.17) is 5.73 Å². The molecule has 17 heavy (non-hydrogen) atoms. The molecule has 0 saturated carbocycles. The first-order chi connectivity index (χ1) is 8.15. The number of aryl methyl sites for hydroxylation is 1. The number of nitrogens with one attached hydrogen (secondary N) is 1. The Kier molecular flexibility index (Phi) is 3.09. The molecular weight excluding hydrogens is 216 g/mol. The van der Waals surface area contributed by atoms with Gasteiger partial charge in [-0.2, -0.15) is 5.10 Å². The highest BCUT2D eigenvalue weighted by Gasteiger charge is 2.00. The first kappa shape index (κ1) is 11.2. The lowest BCUT2D eigenvalue weighted by Crippen LogP contribution is -2.10. The molecule has 3 N–H and O–H groups in total. The summed E-state index contributed by atoms with van der Waals surface area (Å²) < 4.78 is 1.76. The number of carbonyl (C=O) groups excluding carboxylic acids is 1. The second-order valence-corrected chi connectivity index (χ2v) is 3.78. The molecule has 88 valence electrons. The molecule has 0 aliphatic carbocycles. The summed E-state index contributed by atoms with van der Waals surface area (Å²) >= 11 is 0. The Morgan fingerprint density at radius 3 is 2.59 bits per heavy atom. The van der Waals surface area contributed by atoms with E-state index in [0.717, 1.165) is 11.4 Å². The van der Waals surface area contributed by atoms with Gasteiger partial charge in [0.25, 0.3) is 0 Å². The Balaban J connectivity index is 1.97. The number of nitrogens with zero attached hydrogens (tertiary/aromatic N) is 2. The third kappa shape index (κ3) is 2.84. The molecule has 5 heteroatoms. The van der Waals surface area contributed by atoms with Crippen LogP contribution in [0.1, 0.15) is 16.1 Å². The fourth-order valence-electron chi connectivity index (χ4n) is 1.50. The molecule has 0 saturated heterocycles. The van der Waals surface area contributed by atoms with Gasteiger partial charge in [0.15, 0.2) is 0 Å². The van der Waals surface area contributed by atoms with Gasteiger partial charge >= 0.3 is 0 Å². The van der Waals surface area contributed by atoms with Crippen molar-refractivity contribution in [3.63, 3.8) is 0 Å². The third-order valence-electron chi connectivity index (χ3n) is 2.41. The van der Waals surface area contributed by atoms with Crippen molar-refractivity contribution in [3.8, 4) is 0 Å². The summed E-state index contributed by atoms with van der Waals surface area (Å²) in [5, 5.41) is 7.46. The predicted molar refractivity (Wildman–Crippen MR) is 65.5 cm³/mol. The summed E-state index contributed by atoms with van der Waals surface area (Å²) in [5.41, 5.74) is 7.56. The van der Waals surface area contributed by atoms with Gasteiger partial charge in [0.05, 0.1) is 12.2 Å². The van der Waals surface area contributed by atoms with Gasteiger partial charge < -0.3 is 11.1 Å². The van der Waals surface area contributed by atoms with Crippen LogP contribution in [0.2, 0.25) is 0 Å². The highest BCUT2D eigenvalue weighted by Crippen LogP contribution is 2.10. The molecule has 0 fully saturated rings. The minimum atomic E-state index is -0.415. The van der Waals surface area contributed by atoms with Gasteiger partial charge in [-0.05, 0) is 30.3 Å². The van der Waals surface area contributed by atoms with E-state index in [1.807, 2.05) is 31.4 Å². The lowest BCUT2D eigenvalue weighted by molar-refractivity contribution is 0.100. The van der Waals surface area contributed by atoms with Crippen molar-refractivity contribution in [2.24, 2.45) is 12.8 Å². The maximum Gasteiger partial charge on any atom is 0.248 e. The zero-order valence-electron chi connectivity index (χ0n) is 9.55. The quantitative estimate of drug-likeness (QED) is 0.827. The van der Waals surface area contributed by atoms with Crippen LogP contribution in [-0.2, 0) is 13.6 Å². The highest BCUT2D eigenvalue weighted by molar-refractivity contribution is 5.93. The van der Waals surface area contributed by atoms with E-state index in [1.165, 1.54) is 0 Å². The SMILES string of the molecule is Cn1ccc(CNc2ccc(C(N)=O)cc2)n1. The first-order valence-corrected chi connectivity index (χ1v) is 5.27. The largest absolute Gasteiger partial charge is 0.379 e. The van der Waals surface area contributed by atoms with Gasteiger partial charge in [0.1, 0.15) is 0 Å². The average molecular weight is 230 g/mol. The lowest BCUT2D eigenvalue weighted by Gasteiger charge is -2.04. The molecule has 2 rings (SSSR count). The summed E-state index contributed by atoms with van der Waals surface area (Å²) in [4.78, 5) is 10.9. The number of aromatic nitrogens is 2. The minimum Gasteiger partial charge on any atom is -0.379 e. The van der Waals surface area contributed by atoms with E-state index in [9.17, 15) is 4.79 Å². The van der Waals surface area contributed by atoms with Crippen LogP contribution in [0.15, 0.2) is 36.5 Å². The fourth-order valence-corrected chi connectivity index (χ4v) is 1.50. The summed E-state index contributed by atoms with van der Waals surface area (Å²) in [5.74, 6) is -0.415. The standard InChI is InChI=1S/C12H14N4O/c1-16-7-6-11(15-16)8-14-10-4-2-9(3-5-10)12(13)17/h2-7,14H,8H2,1H3,(H2,13,17). The molecule has 1 aromatic heterocycles. The fraction of sp³-hybridized carbons (Fsp3) is 0.167. The zero-order valence-corrected chi connectivity index (χ0v) is 9.55. The van der Waals surface area contributed by atoms with Crippen molar-refractivity contribution in [2.75, 3.05) is 5.32 Å². The van der Waals surface area contributed by atoms with Crippen molar-refractivity contribution < 1.29 is 4.79 Å². The average Bonchev–Trinajstić information content (AvgIpc) is 2.73. The molecule has 1 aromatic carbocycles. The van der Waals surface area contributed by atoms with Crippen molar-refractivity contribution in [2.45, 2.75) is 6.54 Å². The van der Waals surface area contributed by atoms with Crippen molar-refractivity contribution in [1.29, 1.82) is 0 Å². The third-order valence-corrected chi connectivity index (χ3v) is 2.41. The van der Waals surface area contributed by atoms with Crippen molar-refractivity contribution in [3.05, 3.63) is 47.8 Å². The van der Waals surface area contributed by atoms with E-state index in [0.29, 0.717) is 12.1 Å². The van der Waals surface area contributed by atoms with Gasteiger partial charge in [-0.15, -0.1) is 0 Å². The van der Waals surface area contributed by atoms with Crippen LogP contribution in [0.25, 0.3) is 0 Å². The van der Waals surface area contributed by atoms with E-state index >= 15 is 0 Å². The Hall–Kier alpha value is -2.30. The number of hydrogen-bond donors (Lipinski definition) is 2. The second kappa shape index (κ2) is 4.69. The van der Waals surface area contributed by atoms with Crippen LogP contribution in [0.5, 0.6) is 0 Å². The summed E-state index contributed by atoms with van der Waals surface area (Å²) in [6.45, 7) is 0.650. The van der Waals surface area contributed by atoms with Gasteiger partial charge in [0, 0.05) is 24.5 Å². The number of anilines is 1. The van der Waals surface area contributed by atoms with Crippen LogP contribution in [0, 0.1) is 0 Å². The molecule has 5 nitrogen and oxygen atoms in total. The van der Waals surface area contributed by atoms with Crippen LogP contribution in [-0.4, -0.2) is 15.7 Å². The molecule has 0 bridgehead atoms. The molecule has 2 aromatic rings. The maximum atomic E-state index is 10.9. The van der Waals surface area contributed by atoms with Gasteiger partial charge in [-0.1, -0.05) is 0 Å². The lowest BCUT2D eigenvalue weighted by atomic mass is 10.2. The Morgan fingerprint density at radius 2 is 2.06 bits per heavy atom. The predicted octanol–water partition coefficient (Wildman–Crippen LogP) is 1.13. The van der Waals surface area contributed by atoms with E-state index < -0.39 is 5.91 Å². The monoisotopic (exact) mass is 230 g/mol. The topological polar surface area (TPSA) is 72.9 Å². The molecule has 0 aliphatic heterocycles. The summed E-state index contributed by atoms with van der Waals surface area (Å²) in [6, 6.07) is 8.99. The molecule has 0 atom stereocenters. The number of amides is 1. The smallest absolute Gasteiger partial charge is 0.248 e. The van der Waals surface area contributed by atoms with Gasteiger partial charge in [-0.3, -0.25) is 9.48 Å². The maximum absolute atomic E-state index is 10.9. The minimum absolute atomic E-state index is 0.415.